The number of allylic oxidation sites excluding steroid dienone is 1. The van der Waals surface area contributed by atoms with Gasteiger partial charge in [-0.15, -0.1) is 0 Å². The molecule has 0 bridgehead atoms. The second-order valence-electron chi connectivity index (χ2n) is 2.07. The largest absolute Gasteiger partial charge is 0.300 e. The van der Waals surface area contributed by atoms with Gasteiger partial charge in [-0.1, -0.05) is 13.0 Å². The van der Waals surface area contributed by atoms with Gasteiger partial charge in [0.05, 0.1) is 0 Å². The highest BCUT2D eigenvalue weighted by Gasteiger charge is 1.96. The highest BCUT2D eigenvalue weighted by Crippen LogP contribution is 1.96. The predicted molar refractivity (Wildman–Crippen MR) is 38.0 cm³/mol. The van der Waals surface area contributed by atoms with E-state index in [1.54, 1.807) is 6.92 Å². The number of halogens is 1. The predicted octanol–water partition coefficient (Wildman–Crippen LogP) is 1.81. The molecular weight excluding hydrogens is 117 g/mol. The summed E-state index contributed by atoms with van der Waals surface area (Å²) in [5, 5.41) is 0. The molecule has 0 aromatic rings. The molecule has 0 spiro atoms. The van der Waals surface area contributed by atoms with Crippen molar-refractivity contribution >= 4 is 0 Å². The normalized spacial score (nSPS) is 12.8. The molecule has 0 unspecified atom stereocenters. The minimum atomic E-state index is -0.0562. The third kappa shape index (κ3) is 4.15. The molecule has 0 amide bonds. The molecule has 0 aromatic carbocycles. The fraction of sp³-hybridized carbons (Fsp3) is 0.714. The van der Waals surface area contributed by atoms with Crippen LogP contribution in [0.3, 0.4) is 0 Å². The minimum absolute atomic E-state index is 0.0562. The quantitative estimate of drug-likeness (QED) is 0.564. The summed E-state index contributed by atoms with van der Waals surface area (Å²) in [4.78, 5) is 1.91. The van der Waals surface area contributed by atoms with Crippen LogP contribution in [-0.4, -0.2) is 25.0 Å². The van der Waals surface area contributed by atoms with Gasteiger partial charge in [0.2, 0.25) is 0 Å². The highest BCUT2D eigenvalue weighted by molar-refractivity contribution is 4.90. The molecule has 0 radical (unpaired) electrons. The summed E-state index contributed by atoms with van der Waals surface area (Å²) in [6.07, 6.45) is 1.49. The van der Waals surface area contributed by atoms with E-state index in [4.69, 9.17) is 0 Å². The van der Waals surface area contributed by atoms with Gasteiger partial charge in [-0.05, 0) is 20.5 Å². The van der Waals surface area contributed by atoms with Gasteiger partial charge in [0.1, 0.15) is 5.83 Å². The first kappa shape index (κ1) is 8.63. The highest BCUT2D eigenvalue weighted by atomic mass is 19.1. The Morgan fingerprint density at radius 3 is 2.56 bits per heavy atom. The molecule has 0 saturated heterocycles. The zero-order chi connectivity index (χ0) is 7.28. The molecular formula is C7H14FN. The molecule has 0 N–H and O–H groups in total. The Kier molecular flexibility index (Phi) is 4.32. The lowest BCUT2D eigenvalue weighted by Crippen LogP contribution is -2.18. The lowest BCUT2D eigenvalue weighted by atomic mass is 10.4. The smallest absolute Gasteiger partial charge is 0.110 e. The van der Waals surface area contributed by atoms with Crippen molar-refractivity contribution in [3.8, 4) is 0 Å². The molecule has 0 aliphatic heterocycles. The van der Waals surface area contributed by atoms with Crippen molar-refractivity contribution in [3.63, 3.8) is 0 Å². The number of nitrogens with zero attached hydrogens (tertiary/aromatic N) is 1. The van der Waals surface area contributed by atoms with E-state index < -0.39 is 0 Å². The minimum Gasteiger partial charge on any atom is -0.300 e. The molecule has 2 heteroatoms. The third-order valence-electron chi connectivity index (χ3n) is 1.27. The lowest BCUT2D eigenvalue weighted by molar-refractivity contribution is 0.352. The molecule has 0 aromatic heterocycles. The van der Waals surface area contributed by atoms with E-state index in [9.17, 15) is 4.39 Å². The molecule has 0 aliphatic carbocycles. The van der Waals surface area contributed by atoms with Gasteiger partial charge >= 0.3 is 0 Å². The molecule has 0 atom stereocenters. The van der Waals surface area contributed by atoms with Crippen LogP contribution in [0.1, 0.15) is 13.8 Å². The maximum Gasteiger partial charge on any atom is 0.110 e. The summed E-state index contributed by atoms with van der Waals surface area (Å²) in [6, 6.07) is 0. The zero-order valence-corrected chi connectivity index (χ0v) is 6.32. The molecule has 0 fully saturated rings. The van der Waals surface area contributed by atoms with E-state index in [-0.39, 0.29) is 5.83 Å². The van der Waals surface area contributed by atoms with Gasteiger partial charge in [0.15, 0.2) is 0 Å². The van der Waals surface area contributed by atoms with Gasteiger partial charge in [-0.25, -0.2) is 4.39 Å². The first-order valence-corrected chi connectivity index (χ1v) is 3.20. The summed E-state index contributed by atoms with van der Waals surface area (Å²) in [5.74, 6) is -0.0562. The summed E-state index contributed by atoms with van der Waals surface area (Å²) < 4.78 is 12.4. The first-order valence-electron chi connectivity index (χ1n) is 3.20. The fourth-order valence-corrected chi connectivity index (χ4v) is 0.461. The summed E-state index contributed by atoms with van der Waals surface area (Å²) in [6.45, 7) is 5.04. The summed E-state index contributed by atoms with van der Waals surface area (Å²) in [5.41, 5.74) is 0. The van der Waals surface area contributed by atoms with E-state index in [1.165, 1.54) is 6.08 Å². The monoisotopic (exact) mass is 131 g/mol. The van der Waals surface area contributed by atoms with Crippen LogP contribution in [0.2, 0.25) is 0 Å². The van der Waals surface area contributed by atoms with Crippen LogP contribution in [0.4, 0.5) is 4.39 Å². The van der Waals surface area contributed by atoms with Gasteiger partial charge in [0.25, 0.3) is 0 Å². The summed E-state index contributed by atoms with van der Waals surface area (Å²) >= 11 is 0. The van der Waals surface area contributed by atoms with Gasteiger partial charge in [-0.2, -0.15) is 0 Å². The Morgan fingerprint density at radius 2 is 2.22 bits per heavy atom. The van der Waals surface area contributed by atoms with Crippen LogP contribution in [-0.2, 0) is 0 Å². The molecule has 0 saturated carbocycles. The van der Waals surface area contributed by atoms with Crippen LogP contribution < -0.4 is 0 Å². The Labute approximate surface area is 56.2 Å². The van der Waals surface area contributed by atoms with Crippen molar-refractivity contribution in [2.45, 2.75) is 13.8 Å². The van der Waals surface area contributed by atoms with Crippen LogP contribution in [0.5, 0.6) is 0 Å². The lowest BCUT2D eigenvalue weighted by Gasteiger charge is -2.10. The molecule has 54 valence electrons. The van der Waals surface area contributed by atoms with Gasteiger partial charge in [-0.3, -0.25) is 0 Å². The van der Waals surface area contributed by atoms with Crippen LogP contribution >= 0.6 is 0 Å². The van der Waals surface area contributed by atoms with Crippen molar-refractivity contribution in [1.29, 1.82) is 0 Å². The Balaban J connectivity index is 3.47. The Morgan fingerprint density at radius 1 is 1.67 bits per heavy atom. The Bertz CT molecular complexity index is 99.1. The average molecular weight is 131 g/mol. The fourth-order valence-electron chi connectivity index (χ4n) is 0.461. The number of rotatable bonds is 3. The third-order valence-corrected chi connectivity index (χ3v) is 1.27. The van der Waals surface area contributed by atoms with E-state index in [1.807, 2.05) is 18.9 Å². The second-order valence-corrected chi connectivity index (χ2v) is 2.07. The topological polar surface area (TPSA) is 3.24 Å². The van der Waals surface area contributed by atoms with Gasteiger partial charge in [0, 0.05) is 6.54 Å². The van der Waals surface area contributed by atoms with Crippen molar-refractivity contribution in [2.24, 2.45) is 0 Å². The number of hydrogen-bond acceptors (Lipinski definition) is 1. The Hall–Kier alpha value is -0.370. The van der Waals surface area contributed by atoms with Crippen molar-refractivity contribution in [1.82, 2.24) is 4.90 Å². The maximum atomic E-state index is 12.4. The van der Waals surface area contributed by atoms with Crippen molar-refractivity contribution in [2.75, 3.05) is 20.1 Å². The standard InChI is InChI=1S/C7H14FN/c1-4-7(8)6-9(3)5-2/h4H,5-6H2,1-3H3/b7-4+. The van der Waals surface area contributed by atoms with E-state index in [2.05, 4.69) is 0 Å². The average Bonchev–Trinajstić information content (AvgIpc) is 1.87. The van der Waals surface area contributed by atoms with E-state index in [0.29, 0.717) is 6.54 Å². The molecule has 1 nitrogen and oxygen atoms in total. The molecule has 0 aliphatic rings. The second kappa shape index (κ2) is 4.50. The van der Waals surface area contributed by atoms with Crippen molar-refractivity contribution < 1.29 is 4.39 Å². The van der Waals surface area contributed by atoms with E-state index >= 15 is 0 Å². The summed E-state index contributed by atoms with van der Waals surface area (Å²) in [7, 11) is 1.89. The number of hydrogen-bond donors (Lipinski definition) is 0. The van der Waals surface area contributed by atoms with Gasteiger partial charge < -0.3 is 4.90 Å². The van der Waals surface area contributed by atoms with Crippen LogP contribution in [0.15, 0.2) is 11.9 Å². The number of likely N-dealkylation sites (N-methyl/N-ethyl adjacent to an activating group) is 1. The molecule has 0 rings (SSSR count). The molecule has 0 heterocycles. The first-order chi connectivity index (χ1) is 4.20. The van der Waals surface area contributed by atoms with Crippen LogP contribution in [0, 0.1) is 0 Å². The zero-order valence-electron chi connectivity index (χ0n) is 6.32. The SMILES string of the molecule is C/C=C(/F)CN(C)CC. The van der Waals surface area contributed by atoms with E-state index in [0.717, 1.165) is 6.54 Å². The van der Waals surface area contributed by atoms with Crippen LogP contribution in [0.25, 0.3) is 0 Å². The van der Waals surface area contributed by atoms with Crippen molar-refractivity contribution in [3.05, 3.63) is 11.9 Å². The molecule has 9 heavy (non-hydrogen) atoms. The maximum absolute atomic E-state index is 12.4.